The zero-order chi connectivity index (χ0) is 14.8. The van der Waals surface area contributed by atoms with Crippen molar-refractivity contribution < 1.29 is 0 Å². The molecule has 1 aliphatic carbocycles. The Bertz CT molecular complexity index is 599. The van der Waals surface area contributed by atoms with E-state index >= 15 is 0 Å². The predicted molar refractivity (Wildman–Crippen MR) is 92.0 cm³/mol. The van der Waals surface area contributed by atoms with Gasteiger partial charge in [-0.05, 0) is 44.1 Å². The van der Waals surface area contributed by atoms with Gasteiger partial charge in [0.15, 0.2) is 0 Å². The van der Waals surface area contributed by atoms with Crippen LogP contribution in [0.2, 0.25) is 0 Å². The molecule has 1 saturated carbocycles. The summed E-state index contributed by atoms with van der Waals surface area (Å²) in [6, 6.07) is 0.462. The van der Waals surface area contributed by atoms with E-state index in [-0.39, 0.29) is 0 Å². The number of hydrogen-bond donors (Lipinski definition) is 2. The first-order valence-electron chi connectivity index (χ1n) is 7.59. The number of thiazole rings is 1. The third-order valence-corrected chi connectivity index (χ3v) is 5.88. The Hall–Kier alpha value is -1.14. The van der Waals surface area contributed by atoms with Gasteiger partial charge in [-0.1, -0.05) is 19.3 Å². The zero-order valence-electron chi connectivity index (χ0n) is 12.6. The first-order chi connectivity index (χ1) is 10.1. The minimum atomic E-state index is 0.462. The molecule has 3 N–H and O–H groups in total. The molecule has 2 aromatic heterocycles. The third kappa shape index (κ3) is 3.21. The van der Waals surface area contributed by atoms with Crippen molar-refractivity contribution >= 4 is 33.7 Å². The fourth-order valence-corrected chi connectivity index (χ4v) is 4.51. The highest BCUT2D eigenvalue weighted by Crippen LogP contribution is 2.38. The highest BCUT2D eigenvalue weighted by Gasteiger charge is 2.23. The summed E-state index contributed by atoms with van der Waals surface area (Å²) in [5, 5.41) is 7.83. The molecular formula is C15H22N4S2. The first kappa shape index (κ1) is 14.8. The van der Waals surface area contributed by atoms with Crippen LogP contribution in [0.15, 0.2) is 5.38 Å². The van der Waals surface area contributed by atoms with E-state index in [9.17, 15) is 0 Å². The Morgan fingerprint density at radius 2 is 2.10 bits per heavy atom. The molecule has 6 heteroatoms. The van der Waals surface area contributed by atoms with Crippen molar-refractivity contribution in [3.8, 4) is 11.3 Å². The molecule has 4 nitrogen and oxygen atoms in total. The summed E-state index contributed by atoms with van der Waals surface area (Å²) in [5.41, 5.74) is 7.99. The number of aryl methyl sites for hydroxylation is 1. The topological polar surface area (TPSA) is 63.8 Å². The van der Waals surface area contributed by atoms with Gasteiger partial charge in [0.1, 0.15) is 10.8 Å². The van der Waals surface area contributed by atoms with Gasteiger partial charge in [0.05, 0.1) is 16.3 Å². The highest BCUT2D eigenvalue weighted by molar-refractivity contribution is 7.11. The fourth-order valence-electron chi connectivity index (χ4n) is 3.09. The Morgan fingerprint density at radius 1 is 1.33 bits per heavy atom. The summed E-state index contributed by atoms with van der Waals surface area (Å²) < 4.78 is 4.32. The summed E-state index contributed by atoms with van der Waals surface area (Å²) in [4.78, 5) is 4.56. The molecule has 0 bridgehead atoms. The number of hydrogen-bond acceptors (Lipinski definition) is 6. The van der Waals surface area contributed by atoms with Crippen molar-refractivity contribution in [3.63, 3.8) is 0 Å². The van der Waals surface area contributed by atoms with Crippen LogP contribution in [0.3, 0.4) is 0 Å². The van der Waals surface area contributed by atoms with E-state index in [1.54, 1.807) is 11.3 Å². The molecule has 0 saturated heterocycles. The quantitative estimate of drug-likeness (QED) is 0.867. The van der Waals surface area contributed by atoms with E-state index in [4.69, 9.17) is 5.73 Å². The van der Waals surface area contributed by atoms with Crippen LogP contribution in [0.1, 0.15) is 44.0 Å². The van der Waals surface area contributed by atoms with E-state index in [1.807, 2.05) is 6.92 Å². The molecule has 2 aromatic rings. The van der Waals surface area contributed by atoms with Crippen molar-refractivity contribution in [1.82, 2.24) is 9.36 Å². The molecule has 0 radical (unpaired) electrons. The maximum absolute atomic E-state index is 6.06. The minimum absolute atomic E-state index is 0.462. The molecule has 1 atom stereocenters. The van der Waals surface area contributed by atoms with Gasteiger partial charge in [-0.15, -0.1) is 11.3 Å². The largest absolute Gasteiger partial charge is 0.382 e. The average Bonchev–Trinajstić information content (AvgIpc) is 3.06. The van der Waals surface area contributed by atoms with Crippen molar-refractivity contribution in [2.24, 2.45) is 5.92 Å². The third-order valence-electron chi connectivity index (χ3n) is 4.31. The van der Waals surface area contributed by atoms with Gasteiger partial charge >= 0.3 is 0 Å². The van der Waals surface area contributed by atoms with Crippen LogP contribution in [-0.4, -0.2) is 15.4 Å². The molecule has 1 aliphatic rings. The van der Waals surface area contributed by atoms with Crippen molar-refractivity contribution in [2.75, 3.05) is 11.1 Å². The number of nitrogen functional groups attached to an aromatic ring is 1. The smallest absolute Gasteiger partial charge is 0.148 e. The molecule has 2 heterocycles. The van der Waals surface area contributed by atoms with E-state index in [0.717, 1.165) is 27.2 Å². The second-order valence-electron chi connectivity index (χ2n) is 5.85. The lowest BCUT2D eigenvalue weighted by Crippen LogP contribution is -2.27. The summed E-state index contributed by atoms with van der Waals surface area (Å²) >= 11 is 3.10. The van der Waals surface area contributed by atoms with Crippen LogP contribution in [0.4, 0.5) is 10.8 Å². The van der Waals surface area contributed by atoms with Gasteiger partial charge in [-0.25, -0.2) is 4.98 Å². The molecular weight excluding hydrogens is 300 g/mol. The van der Waals surface area contributed by atoms with Gasteiger partial charge in [-0.2, -0.15) is 4.37 Å². The molecule has 0 aromatic carbocycles. The molecule has 0 spiro atoms. The summed E-state index contributed by atoms with van der Waals surface area (Å²) in [7, 11) is 0. The lowest BCUT2D eigenvalue weighted by atomic mass is 9.84. The number of nitrogens with one attached hydrogen (secondary N) is 1. The monoisotopic (exact) mass is 322 g/mol. The predicted octanol–water partition coefficient (Wildman–Crippen LogP) is 4.54. The van der Waals surface area contributed by atoms with Crippen molar-refractivity contribution in [2.45, 2.75) is 52.0 Å². The maximum Gasteiger partial charge on any atom is 0.148 e. The fraction of sp³-hybridized carbons (Fsp3) is 0.600. The Morgan fingerprint density at radius 3 is 2.76 bits per heavy atom. The van der Waals surface area contributed by atoms with Crippen LogP contribution in [0, 0.1) is 12.8 Å². The van der Waals surface area contributed by atoms with E-state index in [2.05, 4.69) is 27.0 Å². The maximum atomic E-state index is 6.06. The van der Waals surface area contributed by atoms with Crippen molar-refractivity contribution in [3.05, 3.63) is 10.4 Å². The average molecular weight is 323 g/mol. The number of nitrogens with zero attached hydrogens (tertiary/aromatic N) is 2. The van der Waals surface area contributed by atoms with Gasteiger partial charge in [0.25, 0.3) is 0 Å². The molecule has 1 fully saturated rings. The van der Waals surface area contributed by atoms with E-state index in [1.165, 1.54) is 43.6 Å². The standard InChI is InChI=1S/C15H22N4S2/c1-9(11-6-4-3-5-7-11)17-15-13(14(16)19-21-15)12-8-20-10(2)18-12/h8-9,11,17H,3-7H2,1-2H3,(H2,16,19). The van der Waals surface area contributed by atoms with Gasteiger partial charge in [-0.3, -0.25) is 0 Å². The summed E-state index contributed by atoms with van der Waals surface area (Å²) in [6.45, 7) is 4.30. The minimum Gasteiger partial charge on any atom is -0.382 e. The van der Waals surface area contributed by atoms with Crippen LogP contribution in [-0.2, 0) is 0 Å². The second kappa shape index (κ2) is 6.32. The second-order valence-corrected chi connectivity index (χ2v) is 7.69. The Labute approximate surface area is 134 Å². The van der Waals surface area contributed by atoms with Crippen LogP contribution in [0.5, 0.6) is 0 Å². The van der Waals surface area contributed by atoms with E-state index < -0.39 is 0 Å². The van der Waals surface area contributed by atoms with Crippen molar-refractivity contribution in [1.29, 1.82) is 0 Å². The molecule has 114 valence electrons. The molecule has 3 rings (SSSR count). The number of nitrogens with two attached hydrogens (primary N) is 1. The molecule has 1 unspecified atom stereocenters. The first-order valence-corrected chi connectivity index (χ1v) is 9.24. The van der Waals surface area contributed by atoms with Gasteiger partial charge < -0.3 is 11.1 Å². The highest BCUT2D eigenvalue weighted by atomic mass is 32.1. The molecule has 0 aliphatic heterocycles. The lowest BCUT2D eigenvalue weighted by Gasteiger charge is -2.28. The molecule has 21 heavy (non-hydrogen) atoms. The SMILES string of the molecule is Cc1nc(-c2c(N)nsc2NC(C)C2CCCCC2)cs1. The molecule has 0 amide bonds. The van der Waals surface area contributed by atoms with Crippen LogP contribution in [0.25, 0.3) is 11.3 Å². The van der Waals surface area contributed by atoms with Crippen LogP contribution < -0.4 is 11.1 Å². The van der Waals surface area contributed by atoms with Gasteiger partial charge in [0.2, 0.25) is 0 Å². The van der Waals surface area contributed by atoms with Gasteiger partial charge in [0, 0.05) is 11.4 Å². The lowest BCUT2D eigenvalue weighted by molar-refractivity contribution is 0.328. The normalized spacial score (nSPS) is 17.8. The van der Waals surface area contributed by atoms with E-state index in [0.29, 0.717) is 11.9 Å². The Balaban J connectivity index is 1.79. The number of aromatic nitrogens is 2. The van der Waals surface area contributed by atoms with Crippen LogP contribution >= 0.6 is 22.9 Å². The number of rotatable bonds is 4. The summed E-state index contributed by atoms with van der Waals surface area (Å²) in [5.74, 6) is 1.34. The zero-order valence-corrected chi connectivity index (χ0v) is 14.2. The Kier molecular flexibility index (Phi) is 4.45. The summed E-state index contributed by atoms with van der Waals surface area (Å²) in [6.07, 6.45) is 6.76. The number of anilines is 2.